The molecule has 0 bridgehead atoms. The standard InChI is InChI=1S/C15H20BrNO3/c1-4-10(2)14(15(19)20-3)17-13(18)9-11-5-7-12(16)8-6-11/h5-8,10,14H,4,9H2,1-3H3,(H,17,18). The van der Waals surface area contributed by atoms with Gasteiger partial charge in [-0.3, -0.25) is 4.79 Å². The highest BCUT2D eigenvalue weighted by atomic mass is 79.9. The summed E-state index contributed by atoms with van der Waals surface area (Å²) < 4.78 is 5.71. The average molecular weight is 342 g/mol. The summed E-state index contributed by atoms with van der Waals surface area (Å²) in [4.78, 5) is 23.7. The van der Waals surface area contributed by atoms with Crippen molar-refractivity contribution < 1.29 is 14.3 Å². The number of rotatable bonds is 6. The van der Waals surface area contributed by atoms with Gasteiger partial charge < -0.3 is 10.1 Å². The van der Waals surface area contributed by atoms with Gasteiger partial charge in [0.2, 0.25) is 5.91 Å². The van der Waals surface area contributed by atoms with Crippen LogP contribution in [0.1, 0.15) is 25.8 Å². The normalized spacial score (nSPS) is 13.4. The first-order chi connectivity index (χ1) is 9.47. The number of ether oxygens (including phenoxy) is 1. The summed E-state index contributed by atoms with van der Waals surface area (Å²) >= 11 is 3.35. The van der Waals surface area contributed by atoms with Crippen LogP contribution in [0.15, 0.2) is 28.7 Å². The van der Waals surface area contributed by atoms with Crippen molar-refractivity contribution in [3.63, 3.8) is 0 Å². The summed E-state index contributed by atoms with van der Waals surface area (Å²) in [5.41, 5.74) is 0.901. The summed E-state index contributed by atoms with van der Waals surface area (Å²) in [5.74, 6) is -0.539. The van der Waals surface area contributed by atoms with Crippen LogP contribution in [0.25, 0.3) is 0 Å². The lowest BCUT2D eigenvalue weighted by Crippen LogP contribution is -2.46. The molecule has 1 aromatic carbocycles. The lowest BCUT2D eigenvalue weighted by molar-refractivity contribution is -0.146. The molecule has 0 aliphatic heterocycles. The van der Waals surface area contributed by atoms with Gasteiger partial charge in [0.1, 0.15) is 6.04 Å². The maximum absolute atomic E-state index is 12.0. The van der Waals surface area contributed by atoms with Crippen LogP contribution in [0.5, 0.6) is 0 Å². The van der Waals surface area contributed by atoms with Gasteiger partial charge in [0.25, 0.3) is 0 Å². The van der Waals surface area contributed by atoms with Crippen molar-refractivity contribution in [2.45, 2.75) is 32.7 Å². The Hall–Kier alpha value is -1.36. The number of hydrogen-bond acceptors (Lipinski definition) is 3. The fraction of sp³-hybridized carbons (Fsp3) is 0.467. The van der Waals surface area contributed by atoms with E-state index in [9.17, 15) is 9.59 Å². The van der Waals surface area contributed by atoms with Gasteiger partial charge in [-0.1, -0.05) is 48.3 Å². The third-order valence-electron chi connectivity index (χ3n) is 3.26. The smallest absolute Gasteiger partial charge is 0.328 e. The summed E-state index contributed by atoms with van der Waals surface area (Å²) in [5, 5.41) is 2.76. The largest absolute Gasteiger partial charge is 0.467 e. The quantitative estimate of drug-likeness (QED) is 0.809. The van der Waals surface area contributed by atoms with E-state index in [1.165, 1.54) is 7.11 Å². The number of esters is 1. The molecule has 0 fully saturated rings. The molecule has 2 atom stereocenters. The van der Waals surface area contributed by atoms with Gasteiger partial charge in [-0.15, -0.1) is 0 Å². The molecular weight excluding hydrogens is 322 g/mol. The monoisotopic (exact) mass is 341 g/mol. The summed E-state index contributed by atoms with van der Waals surface area (Å²) in [6, 6.07) is 6.93. The molecule has 1 N–H and O–H groups in total. The van der Waals surface area contributed by atoms with Crippen molar-refractivity contribution in [3.05, 3.63) is 34.3 Å². The Morgan fingerprint density at radius 1 is 1.30 bits per heavy atom. The SMILES string of the molecule is CCC(C)C(NC(=O)Cc1ccc(Br)cc1)C(=O)OC. The molecule has 0 saturated carbocycles. The van der Waals surface area contributed by atoms with Gasteiger partial charge >= 0.3 is 5.97 Å². The molecule has 1 aromatic rings. The third kappa shape index (κ3) is 4.96. The molecule has 1 rings (SSSR count). The second-order valence-corrected chi connectivity index (χ2v) is 5.67. The first kappa shape index (κ1) is 16.7. The zero-order chi connectivity index (χ0) is 15.1. The molecule has 0 spiro atoms. The van der Waals surface area contributed by atoms with E-state index in [4.69, 9.17) is 4.74 Å². The van der Waals surface area contributed by atoms with Gasteiger partial charge in [-0.2, -0.15) is 0 Å². The Morgan fingerprint density at radius 2 is 1.90 bits per heavy atom. The lowest BCUT2D eigenvalue weighted by atomic mass is 9.99. The van der Waals surface area contributed by atoms with Crippen molar-refractivity contribution >= 4 is 27.8 Å². The summed E-state index contributed by atoms with van der Waals surface area (Å²) in [6.45, 7) is 3.89. The van der Waals surface area contributed by atoms with Crippen LogP contribution in [-0.2, 0) is 20.7 Å². The molecule has 0 radical (unpaired) electrons. The van der Waals surface area contributed by atoms with E-state index >= 15 is 0 Å². The molecule has 5 heteroatoms. The number of amides is 1. The minimum absolute atomic E-state index is 0.0383. The topological polar surface area (TPSA) is 55.4 Å². The van der Waals surface area contributed by atoms with Gasteiger partial charge in [-0.05, 0) is 23.6 Å². The van der Waals surface area contributed by atoms with E-state index in [0.29, 0.717) is 0 Å². The molecule has 1 amide bonds. The van der Waals surface area contributed by atoms with Crippen molar-refractivity contribution in [1.29, 1.82) is 0 Å². The third-order valence-corrected chi connectivity index (χ3v) is 3.79. The molecule has 0 aliphatic carbocycles. The Balaban J connectivity index is 2.66. The predicted octanol–water partition coefficient (Wildman–Crippen LogP) is 2.70. The molecule has 0 heterocycles. The zero-order valence-corrected chi connectivity index (χ0v) is 13.6. The number of benzene rings is 1. The molecular formula is C15H20BrNO3. The highest BCUT2D eigenvalue weighted by Crippen LogP contribution is 2.12. The molecule has 0 saturated heterocycles. The number of hydrogen-bond donors (Lipinski definition) is 1. The van der Waals surface area contributed by atoms with E-state index in [-0.39, 0.29) is 18.2 Å². The first-order valence-corrected chi connectivity index (χ1v) is 7.38. The highest BCUT2D eigenvalue weighted by molar-refractivity contribution is 9.10. The Bertz CT molecular complexity index is 459. The second-order valence-electron chi connectivity index (χ2n) is 4.76. The first-order valence-electron chi connectivity index (χ1n) is 6.59. The van der Waals surface area contributed by atoms with Crippen LogP contribution in [0.3, 0.4) is 0 Å². The van der Waals surface area contributed by atoms with Crippen molar-refractivity contribution in [2.75, 3.05) is 7.11 Å². The van der Waals surface area contributed by atoms with E-state index in [2.05, 4.69) is 21.2 Å². The van der Waals surface area contributed by atoms with E-state index < -0.39 is 12.0 Å². The molecule has 110 valence electrons. The van der Waals surface area contributed by atoms with E-state index in [0.717, 1.165) is 16.5 Å². The van der Waals surface area contributed by atoms with Gasteiger partial charge in [0.15, 0.2) is 0 Å². The van der Waals surface area contributed by atoms with Crippen LogP contribution < -0.4 is 5.32 Å². The Labute approximate surface area is 128 Å². The summed E-state index contributed by atoms with van der Waals surface area (Å²) in [7, 11) is 1.33. The fourth-order valence-corrected chi connectivity index (χ4v) is 2.07. The number of nitrogens with one attached hydrogen (secondary N) is 1. The lowest BCUT2D eigenvalue weighted by Gasteiger charge is -2.21. The molecule has 4 nitrogen and oxygen atoms in total. The van der Waals surface area contributed by atoms with Crippen LogP contribution in [0.2, 0.25) is 0 Å². The number of carbonyl (C=O) groups excluding carboxylic acids is 2. The van der Waals surface area contributed by atoms with Crippen molar-refractivity contribution in [3.8, 4) is 0 Å². The van der Waals surface area contributed by atoms with E-state index in [1.807, 2.05) is 38.1 Å². The van der Waals surface area contributed by atoms with Gasteiger partial charge in [0, 0.05) is 4.47 Å². The maximum Gasteiger partial charge on any atom is 0.328 e. The minimum Gasteiger partial charge on any atom is -0.467 e. The highest BCUT2D eigenvalue weighted by Gasteiger charge is 2.26. The zero-order valence-electron chi connectivity index (χ0n) is 12.0. The van der Waals surface area contributed by atoms with Crippen LogP contribution in [0, 0.1) is 5.92 Å². The second kappa shape index (κ2) is 8.04. The number of methoxy groups -OCH3 is 1. The van der Waals surface area contributed by atoms with Crippen LogP contribution >= 0.6 is 15.9 Å². The van der Waals surface area contributed by atoms with Gasteiger partial charge in [0.05, 0.1) is 13.5 Å². The van der Waals surface area contributed by atoms with Crippen molar-refractivity contribution in [1.82, 2.24) is 5.32 Å². The van der Waals surface area contributed by atoms with Crippen molar-refractivity contribution in [2.24, 2.45) is 5.92 Å². The van der Waals surface area contributed by atoms with Crippen LogP contribution in [0.4, 0.5) is 0 Å². The van der Waals surface area contributed by atoms with E-state index in [1.54, 1.807) is 0 Å². The van der Waals surface area contributed by atoms with Crippen LogP contribution in [-0.4, -0.2) is 25.0 Å². The molecule has 20 heavy (non-hydrogen) atoms. The van der Waals surface area contributed by atoms with Gasteiger partial charge in [-0.25, -0.2) is 4.79 Å². The molecule has 2 unspecified atom stereocenters. The predicted molar refractivity (Wildman–Crippen MR) is 81.2 cm³/mol. The number of halogens is 1. The summed E-state index contributed by atoms with van der Waals surface area (Å²) in [6.07, 6.45) is 1.04. The maximum atomic E-state index is 12.0. The molecule has 0 aliphatic rings. The minimum atomic E-state index is -0.590. The Morgan fingerprint density at radius 3 is 2.40 bits per heavy atom. The number of carbonyl (C=O) groups is 2. The average Bonchev–Trinajstić information content (AvgIpc) is 2.45. The Kier molecular flexibility index (Phi) is 6.71. The molecule has 0 aromatic heterocycles. The fourth-order valence-electron chi connectivity index (χ4n) is 1.81.